The van der Waals surface area contributed by atoms with Gasteiger partial charge in [0.25, 0.3) is 0 Å². The summed E-state index contributed by atoms with van der Waals surface area (Å²) in [6.45, 7) is 0. The van der Waals surface area contributed by atoms with Crippen molar-refractivity contribution in [3.63, 3.8) is 0 Å². The second-order valence-electron chi connectivity index (χ2n) is 4.77. The van der Waals surface area contributed by atoms with Crippen LogP contribution < -0.4 is 5.84 Å². The first kappa shape index (κ1) is 14.6. The fraction of sp³-hybridized carbons (Fsp3) is 0.125. The van der Waals surface area contributed by atoms with Crippen molar-refractivity contribution >= 4 is 11.8 Å². The Hall–Kier alpha value is -2.34. The third kappa shape index (κ3) is 3.28. The molecule has 22 heavy (non-hydrogen) atoms. The monoisotopic (exact) mass is 314 g/mol. The summed E-state index contributed by atoms with van der Waals surface area (Å²) in [6, 6.07) is 16.3. The van der Waals surface area contributed by atoms with E-state index in [1.165, 1.54) is 22.4 Å². The molecule has 0 aliphatic carbocycles. The van der Waals surface area contributed by atoms with E-state index in [9.17, 15) is 4.39 Å². The number of aromatic nitrogens is 3. The number of hydrogen-bond acceptors (Lipinski definition) is 4. The number of benzene rings is 2. The highest BCUT2D eigenvalue weighted by atomic mass is 32.2. The molecule has 0 spiro atoms. The summed E-state index contributed by atoms with van der Waals surface area (Å²) in [5.41, 5.74) is 2.02. The highest BCUT2D eigenvalue weighted by molar-refractivity contribution is 7.99. The van der Waals surface area contributed by atoms with Crippen LogP contribution in [-0.2, 0) is 6.42 Å². The van der Waals surface area contributed by atoms with Gasteiger partial charge in [0, 0.05) is 11.3 Å². The molecule has 2 N–H and O–H groups in total. The Bertz CT molecular complexity index is 741. The zero-order valence-corrected chi connectivity index (χ0v) is 12.6. The number of aryl methyl sites for hydroxylation is 1. The lowest BCUT2D eigenvalue weighted by atomic mass is 10.2. The number of hydrogen-bond donors (Lipinski definition) is 1. The van der Waals surface area contributed by atoms with Crippen LogP contribution in [0.15, 0.2) is 59.8 Å². The third-order valence-corrected chi connectivity index (χ3v) is 4.18. The molecule has 6 heteroatoms. The maximum Gasteiger partial charge on any atom is 0.210 e. The Labute approximate surface area is 132 Å². The number of rotatable bonds is 5. The van der Waals surface area contributed by atoms with Crippen LogP contribution in [0.1, 0.15) is 5.56 Å². The molecular formula is C16H15FN4S. The molecular weight excluding hydrogens is 299 g/mol. The summed E-state index contributed by atoms with van der Waals surface area (Å²) in [7, 11) is 0. The summed E-state index contributed by atoms with van der Waals surface area (Å²) in [4.78, 5) is 0. The molecule has 3 rings (SSSR count). The summed E-state index contributed by atoms with van der Waals surface area (Å²) in [5.74, 6) is 7.14. The third-order valence-electron chi connectivity index (χ3n) is 3.23. The lowest BCUT2D eigenvalue weighted by molar-refractivity contribution is 0.628. The Morgan fingerprint density at radius 3 is 2.45 bits per heavy atom. The van der Waals surface area contributed by atoms with Crippen molar-refractivity contribution in [2.45, 2.75) is 11.6 Å². The highest BCUT2D eigenvalue weighted by Gasteiger charge is 2.12. The number of nitrogen functional groups attached to an aromatic ring is 1. The van der Waals surface area contributed by atoms with Crippen LogP contribution in [0.25, 0.3) is 11.4 Å². The fourth-order valence-electron chi connectivity index (χ4n) is 2.08. The zero-order valence-electron chi connectivity index (χ0n) is 11.8. The van der Waals surface area contributed by atoms with Gasteiger partial charge >= 0.3 is 0 Å². The predicted octanol–water partition coefficient (Wildman–Crippen LogP) is 3.13. The molecule has 0 radical (unpaired) electrons. The minimum Gasteiger partial charge on any atom is -0.335 e. The van der Waals surface area contributed by atoms with Gasteiger partial charge in [0.15, 0.2) is 5.82 Å². The molecule has 0 bridgehead atoms. The average Bonchev–Trinajstić information content (AvgIpc) is 2.90. The summed E-state index contributed by atoms with van der Waals surface area (Å²) in [5, 5.41) is 8.84. The van der Waals surface area contributed by atoms with E-state index in [0.29, 0.717) is 11.0 Å². The number of halogens is 1. The van der Waals surface area contributed by atoms with Crippen molar-refractivity contribution in [3.05, 3.63) is 66.0 Å². The van der Waals surface area contributed by atoms with Crippen molar-refractivity contribution in [1.82, 2.24) is 14.9 Å². The molecule has 0 saturated carbocycles. The second kappa shape index (κ2) is 6.62. The van der Waals surface area contributed by atoms with Crippen LogP contribution in [0.3, 0.4) is 0 Å². The topological polar surface area (TPSA) is 56.7 Å². The van der Waals surface area contributed by atoms with E-state index >= 15 is 0 Å². The molecule has 0 fully saturated rings. The average molecular weight is 314 g/mol. The largest absolute Gasteiger partial charge is 0.335 e. The van der Waals surface area contributed by atoms with E-state index in [1.807, 2.05) is 18.2 Å². The van der Waals surface area contributed by atoms with Crippen LogP contribution in [0.2, 0.25) is 0 Å². The van der Waals surface area contributed by atoms with E-state index in [1.54, 1.807) is 23.9 Å². The lowest BCUT2D eigenvalue weighted by Crippen LogP contribution is -2.11. The molecule has 0 atom stereocenters. The van der Waals surface area contributed by atoms with Gasteiger partial charge in [-0.15, -0.1) is 10.2 Å². The van der Waals surface area contributed by atoms with Crippen molar-refractivity contribution < 1.29 is 4.39 Å². The maximum atomic E-state index is 13.0. The molecule has 0 unspecified atom stereocenters. The van der Waals surface area contributed by atoms with Gasteiger partial charge in [-0.3, -0.25) is 0 Å². The SMILES string of the molecule is Nn1c(SCCc2ccccc2)nnc1-c1ccc(F)cc1. The zero-order chi connectivity index (χ0) is 15.4. The number of nitrogens with zero attached hydrogens (tertiary/aromatic N) is 3. The molecule has 0 amide bonds. The Morgan fingerprint density at radius 1 is 1.00 bits per heavy atom. The Kier molecular flexibility index (Phi) is 4.39. The van der Waals surface area contributed by atoms with Gasteiger partial charge in [-0.25, -0.2) is 9.07 Å². The summed E-state index contributed by atoms with van der Waals surface area (Å²) >= 11 is 1.55. The van der Waals surface area contributed by atoms with Gasteiger partial charge in [-0.1, -0.05) is 42.1 Å². The molecule has 2 aromatic carbocycles. The Balaban J connectivity index is 1.67. The first-order valence-corrected chi connectivity index (χ1v) is 7.86. The van der Waals surface area contributed by atoms with E-state index in [-0.39, 0.29) is 5.82 Å². The summed E-state index contributed by atoms with van der Waals surface area (Å²) in [6.07, 6.45) is 0.935. The maximum absolute atomic E-state index is 13.0. The number of nitrogens with two attached hydrogens (primary N) is 1. The van der Waals surface area contributed by atoms with Gasteiger partial charge in [-0.05, 0) is 36.2 Å². The van der Waals surface area contributed by atoms with Gasteiger partial charge in [0.2, 0.25) is 5.16 Å². The highest BCUT2D eigenvalue weighted by Crippen LogP contribution is 2.22. The van der Waals surface area contributed by atoms with E-state index < -0.39 is 0 Å². The predicted molar refractivity (Wildman–Crippen MR) is 86.4 cm³/mol. The minimum atomic E-state index is -0.288. The number of thioether (sulfide) groups is 1. The molecule has 3 aromatic rings. The molecule has 4 nitrogen and oxygen atoms in total. The fourth-order valence-corrected chi connectivity index (χ4v) is 2.92. The molecule has 1 aromatic heterocycles. The van der Waals surface area contributed by atoms with E-state index in [4.69, 9.17) is 5.84 Å². The molecule has 1 heterocycles. The van der Waals surface area contributed by atoms with Crippen LogP contribution in [-0.4, -0.2) is 20.6 Å². The van der Waals surface area contributed by atoms with Gasteiger partial charge in [0.1, 0.15) is 5.82 Å². The van der Waals surface area contributed by atoms with Crippen LogP contribution >= 0.6 is 11.8 Å². The van der Waals surface area contributed by atoms with Crippen molar-refractivity contribution in [2.24, 2.45) is 0 Å². The van der Waals surface area contributed by atoms with Crippen LogP contribution in [0, 0.1) is 5.82 Å². The molecule has 0 saturated heterocycles. The first-order chi connectivity index (χ1) is 10.7. The molecule has 112 valence electrons. The van der Waals surface area contributed by atoms with Crippen LogP contribution in [0.5, 0.6) is 0 Å². The smallest absolute Gasteiger partial charge is 0.210 e. The minimum absolute atomic E-state index is 0.288. The van der Waals surface area contributed by atoms with E-state index in [2.05, 4.69) is 22.3 Å². The van der Waals surface area contributed by atoms with Gasteiger partial charge in [-0.2, -0.15) is 0 Å². The quantitative estimate of drug-likeness (QED) is 0.580. The Morgan fingerprint density at radius 2 is 1.73 bits per heavy atom. The normalized spacial score (nSPS) is 10.8. The molecule has 0 aliphatic rings. The van der Waals surface area contributed by atoms with Crippen molar-refractivity contribution in [2.75, 3.05) is 11.6 Å². The molecule has 0 aliphatic heterocycles. The second-order valence-corrected chi connectivity index (χ2v) is 5.83. The lowest BCUT2D eigenvalue weighted by Gasteiger charge is -2.04. The first-order valence-electron chi connectivity index (χ1n) is 6.87. The van der Waals surface area contributed by atoms with Crippen LogP contribution in [0.4, 0.5) is 4.39 Å². The van der Waals surface area contributed by atoms with Crippen molar-refractivity contribution in [1.29, 1.82) is 0 Å². The standard InChI is InChI=1S/C16H15FN4S/c17-14-8-6-13(7-9-14)15-19-20-16(21(15)18)22-11-10-12-4-2-1-3-5-12/h1-9H,10-11,18H2. The van der Waals surface area contributed by atoms with E-state index in [0.717, 1.165) is 17.7 Å². The van der Waals surface area contributed by atoms with Gasteiger partial charge in [0.05, 0.1) is 0 Å². The van der Waals surface area contributed by atoms with Gasteiger partial charge < -0.3 is 5.84 Å². The summed E-state index contributed by atoms with van der Waals surface area (Å²) < 4.78 is 14.4. The van der Waals surface area contributed by atoms with Crippen molar-refractivity contribution in [3.8, 4) is 11.4 Å².